The molecule has 0 saturated carbocycles. The van der Waals surface area contributed by atoms with Crippen LogP contribution >= 0.6 is 11.8 Å². The molecule has 2 bridgehead atoms. The Labute approximate surface area is 337 Å². The molecule has 4 rings (SSSR count). The second-order valence-electron chi connectivity index (χ2n) is 17.2. The second kappa shape index (κ2) is 20.2. The number of hydrogen-bond acceptors (Lipinski definition) is 10. The Bertz CT molecular complexity index is 1560. The van der Waals surface area contributed by atoms with E-state index in [4.69, 9.17) is 14.5 Å². The number of nitrogens with one attached hydrogen (secondary N) is 3. The Kier molecular flexibility index (Phi) is 16.2. The van der Waals surface area contributed by atoms with Crippen LogP contribution in [-0.2, 0) is 35.1 Å². The lowest BCUT2D eigenvalue weighted by molar-refractivity contribution is -0.164. The van der Waals surface area contributed by atoms with E-state index in [0.29, 0.717) is 56.6 Å². The van der Waals surface area contributed by atoms with Gasteiger partial charge in [0.2, 0.25) is 23.6 Å². The number of aliphatic hydroxyl groups is 1. The first-order chi connectivity index (χ1) is 26.4. The fraction of sp³-hybridized carbons (Fsp3) is 0.714. The van der Waals surface area contributed by atoms with Crippen molar-refractivity contribution in [2.45, 2.75) is 149 Å². The van der Waals surface area contributed by atoms with Gasteiger partial charge in [-0.05, 0) is 74.0 Å². The summed E-state index contributed by atoms with van der Waals surface area (Å²) in [7, 11) is 1.56. The highest BCUT2D eigenvalue weighted by Gasteiger charge is 2.42. The zero-order valence-electron chi connectivity index (χ0n) is 34.8. The summed E-state index contributed by atoms with van der Waals surface area (Å²) in [5.41, 5.74) is 0.384. The van der Waals surface area contributed by atoms with E-state index in [1.54, 1.807) is 37.9 Å². The number of aliphatic imine (C=N–C) groups is 1. The van der Waals surface area contributed by atoms with Crippen LogP contribution in [0.2, 0.25) is 0 Å². The van der Waals surface area contributed by atoms with Crippen molar-refractivity contribution in [3.8, 4) is 5.75 Å². The van der Waals surface area contributed by atoms with Crippen molar-refractivity contribution in [3.63, 3.8) is 0 Å². The molecule has 56 heavy (non-hydrogen) atoms. The summed E-state index contributed by atoms with van der Waals surface area (Å²) >= 11 is 1.60. The zero-order chi connectivity index (χ0) is 41.3. The van der Waals surface area contributed by atoms with Gasteiger partial charge in [-0.1, -0.05) is 67.0 Å². The van der Waals surface area contributed by atoms with Gasteiger partial charge in [-0.3, -0.25) is 24.2 Å². The van der Waals surface area contributed by atoms with Gasteiger partial charge in [0.15, 0.2) is 0 Å². The summed E-state index contributed by atoms with van der Waals surface area (Å²) in [4.78, 5) is 75.5. The minimum atomic E-state index is -1.04. The van der Waals surface area contributed by atoms with Gasteiger partial charge in [0, 0.05) is 31.1 Å². The molecular weight excluding hydrogens is 735 g/mol. The quantitative estimate of drug-likeness (QED) is 0.314. The standard InChI is InChI=1S/C42H65N5O8S/c1-10-25(3)36-40(52)47-19-11-12-32(47)41(53)55-34(42(6,7)8)21-24(2)20-33(48)26(4)39-44-29(23-56-39)15-18-35(49)45-31(38(51)43-27(5)37(50)46-36)22-28-13-16-30(54-9)17-14-28/h13-14,16-17,24-27,29,31-34,36,48H,10-12,15,18-23H2,1-9H3,(H,43,51)(H,45,49)(H,46,50)/t24-,25-,26-,27-,29+,31-,32-,33-,34-,36-/m0/s1. The summed E-state index contributed by atoms with van der Waals surface area (Å²) in [6, 6.07) is 3.31. The molecule has 4 amide bonds. The van der Waals surface area contributed by atoms with E-state index in [0.717, 1.165) is 10.6 Å². The monoisotopic (exact) mass is 799 g/mol. The number of fused-ring (bicyclic) bond motifs is 2. The van der Waals surface area contributed by atoms with Gasteiger partial charge in [0.1, 0.15) is 36.0 Å². The number of carbonyl (C=O) groups excluding carboxylic acids is 5. The molecule has 0 aliphatic carbocycles. The van der Waals surface area contributed by atoms with Gasteiger partial charge < -0.3 is 35.4 Å². The van der Waals surface area contributed by atoms with Gasteiger partial charge in [-0.25, -0.2) is 4.79 Å². The lowest BCUT2D eigenvalue weighted by Gasteiger charge is -2.36. The summed E-state index contributed by atoms with van der Waals surface area (Å²) in [5, 5.41) is 20.7. The minimum Gasteiger partial charge on any atom is -0.497 e. The predicted molar refractivity (Wildman–Crippen MR) is 218 cm³/mol. The number of nitrogens with zero attached hydrogens (tertiary/aromatic N) is 2. The predicted octanol–water partition coefficient (Wildman–Crippen LogP) is 4.43. The molecule has 1 aromatic carbocycles. The molecule has 4 N–H and O–H groups in total. The van der Waals surface area contributed by atoms with E-state index in [1.165, 1.54) is 4.90 Å². The number of cyclic esters (lactones) is 1. The first kappa shape index (κ1) is 45.1. The van der Waals surface area contributed by atoms with Crippen molar-refractivity contribution < 1.29 is 38.6 Å². The molecule has 10 atom stereocenters. The maximum absolute atomic E-state index is 14.2. The number of hydrogen-bond donors (Lipinski definition) is 4. The van der Waals surface area contributed by atoms with Crippen molar-refractivity contribution in [2.24, 2.45) is 28.2 Å². The molecule has 0 spiro atoms. The minimum absolute atomic E-state index is 0.0147. The van der Waals surface area contributed by atoms with Crippen LogP contribution in [0.4, 0.5) is 0 Å². The SMILES string of the molecule is CC[C@H](C)[C@@H]1NC(=O)[C@H](C)NC(=O)[C@H](Cc2ccc(OC)cc2)NC(=O)CC[C@@H]2CSC(=N2)[C@@H](C)[C@@H](O)C[C@H](C)C[C@@H](C(C)(C)C)OC(=O)[C@@H]2CCCN2C1=O. The fourth-order valence-electron chi connectivity index (χ4n) is 7.44. The van der Waals surface area contributed by atoms with Gasteiger partial charge in [-0.15, -0.1) is 11.8 Å². The van der Waals surface area contributed by atoms with Crippen molar-refractivity contribution in [3.05, 3.63) is 29.8 Å². The third kappa shape index (κ3) is 12.2. The molecule has 3 aliphatic rings. The Morgan fingerprint density at radius 1 is 1.00 bits per heavy atom. The first-order valence-electron chi connectivity index (χ1n) is 20.3. The molecule has 1 saturated heterocycles. The smallest absolute Gasteiger partial charge is 0.329 e. The van der Waals surface area contributed by atoms with Gasteiger partial charge >= 0.3 is 5.97 Å². The molecule has 3 heterocycles. The highest BCUT2D eigenvalue weighted by molar-refractivity contribution is 8.14. The number of aliphatic hydroxyl groups excluding tert-OH is 1. The van der Waals surface area contributed by atoms with E-state index < -0.39 is 59.6 Å². The maximum Gasteiger partial charge on any atom is 0.329 e. The van der Waals surface area contributed by atoms with Crippen LogP contribution in [0, 0.1) is 23.2 Å². The molecule has 312 valence electrons. The third-order valence-corrected chi connectivity index (χ3v) is 12.8. The van der Waals surface area contributed by atoms with E-state index in [9.17, 15) is 29.1 Å². The third-order valence-electron chi connectivity index (χ3n) is 11.5. The van der Waals surface area contributed by atoms with Crippen molar-refractivity contribution in [2.75, 3.05) is 19.4 Å². The molecule has 13 nitrogen and oxygen atoms in total. The molecule has 0 radical (unpaired) electrons. The molecule has 1 aromatic rings. The number of methoxy groups -OCH3 is 1. The normalized spacial score (nSPS) is 31.5. The Balaban J connectivity index is 1.63. The van der Waals surface area contributed by atoms with Crippen molar-refractivity contribution in [1.82, 2.24) is 20.9 Å². The topological polar surface area (TPSA) is 176 Å². The van der Waals surface area contributed by atoms with Crippen molar-refractivity contribution in [1.29, 1.82) is 0 Å². The number of ether oxygens (including phenoxy) is 2. The van der Waals surface area contributed by atoms with E-state index >= 15 is 0 Å². The Morgan fingerprint density at radius 2 is 1.70 bits per heavy atom. The van der Waals surface area contributed by atoms with Crippen molar-refractivity contribution >= 4 is 46.4 Å². The average molecular weight is 800 g/mol. The molecular formula is C42H65N5O8S. The first-order valence-corrected chi connectivity index (χ1v) is 21.3. The van der Waals surface area contributed by atoms with Crippen LogP contribution in [0.5, 0.6) is 5.75 Å². The second-order valence-corrected chi connectivity index (χ2v) is 18.2. The largest absolute Gasteiger partial charge is 0.497 e. The Hall–Kier alpha value is -3.65. The van der Waals surface area contributed by atoms with E-state index in [-0.39, 0.29) is 48.5 Å². The number of benzene rings is 1. The van der Waals surface area contributed by atoms with Crippen LogP contribution in [0.1, 0.15) is 106 Å². The molecule has 0 aromatic heterocycles. The summed E-state index contributed by atoms with van der Waals surface area (Å²) in [6.07, 6.45) is 2.31. The number of amides is 4. The van der Waals surface area contributed by atoms with Crippen LogP contribution in [0.25, 0.3) is 0 Å². The molecule has 0 unspecified atom stereocenters. The van der Waals surface area contributed by atoms with Gasteiger partial charge in [0.05, 0.1) is 24.3 Å². The van der Waals surface area contributed by atoms with E-state index in [2.05, 4.69) is 16.0 Å². The summed E-state index contributed by atoms with van der Waals surface area (Å²) < 4.78 is 11.5. The number of rotatable bonds is 5. The number of carbonyl (C=O) groups is 5. The molecule has 1 fully saturated rings. The van der Waals surface area contributed by atoms with Gasteiger partial charge in [0.25, 0.3) is 0 Å². The van der Waals surface area contributed by atoms with Crippen LogP contribution in [0.15, 0.2) is 29.3 Å². The number of thioether (sulfide) groups is 1. The lowest BCUT2D eigenvalue weighted by atomic mass is 9.81. The fourth-order valence-corrected chi connectivity index (χ4v) is 8.69. The lowest BCUT2D eigenvalue weighted by Crippen LogP contribution is -2.59. The average Bonchev–Trinajstić information content (AvgIpc) is 3.85. The molecule has 3 aliphatic heterocycles. The Morgan fingerprint density at radius 3 is 2.34 bits per heavy atom. The highest BCUT2D eigenvalue weighted by atomic mass is 32.2. The van der Waals surface area contributed by atoms with Crippen LogP contribution < -0.4 is 20.7 Å². The van der Waals surface area contributed by atoms with E-state index in [1.807, 2.05) is 60.6 Å². The molecule has 14 heteroatoms. The number of esters is 1. The van der Waals surface area contributed by atoms with Gasteiger partial charge in [-0.2, -0.15) is 0 Å². The van der Waals surface area contributed by atoms with Crippen LogP contribution in [0.3, 0.4) is 0 Å². The highest BCUT2D eigenvalue weighted by Crippen LogP contribution is 2.34. The summed E-state index contributed by atoms with van der Waals surface area (Å²) in [5.74, 6) is -1.37. The van der Waals surface area contributed by atoms with Crippen LogP contribution in [-0.4, -0.2) is 106 Å². The summed E-state index contributed by atoms with van der Waals surface area (Å²) in [6.45, 7) is 15.8. The zero-order valence-corrected chi connectivity index (χ0v) is 35.6. The maximum atomic E-state index is 14.2.